The fourth-order valence-electron chi connectivity index (χ4n) is 4.57. The van der Waals surface area contributed by atoms with Crippen molar-refractivity contribution in [3.63, 3.8) is 0 Å². The van der Waals surface area contributed by atoms with E-state index in [0.717, 1.165) is 31.4 Å². The van der Waals surface area contributed by atoms with Crippen LogP contribution >= 0.6 is 11.6 Å². The third-order valence-corrected chi connectivity index (χ3v) is 6.55. The molecule has 1 aromatic heterocycles. The normalized spacial score (nSPS) is 17.6. The van der Waals surface area contributed by atoms with E-state index in [2.05, 4.69) is 59.3 Å². The number of hydrogen-bond acceptors (Lipinski definition) is 5. The average molecular weight is 467 g/mol. The van der Waals surface area contributed by atoms with Crippen LogP contribution in [0.3, 0.4) is 0 Å². The lowest BCUT2D eigenvalue weighted by atomic mass is 9.94. The van der Waals surface area contributed by atoms with Crippen molar-refractivity contribution in [1.82, 2.24) is 20.4 Å². The van der Waals surface area contributed by atoms with Crippen molar-refractivity contribution in [2.75, 3.05) is 13.1 Å². The van der Waals surface area contributed by atoms with E-state index in [1.165, 1.54) is 16.7 Å². The van der Waals surface area contributed by atoms with Crippen LogP contribution in [-0.2, 0) is 11.3 Å². The van der Waals surface area contributed by atoms with Crippen molar-refractivity contribution in [2.24, 2.45) is 5.92 Å². The van der Waals surface area contributed by atoms with Crippen molar-refractivity contribution >= 4 is 17.5 Å². The molecule has 174 valence electrons. The van der Waals surface area contributed by atoms with E-state index in [-0.39, 0.29) is 17.9 Å². The maximum atomic E-state index is 13.1. The number of benzene rings is 2. The molecule has 1 N–H and O–H groups in total. The van der Waals surface area contributed by atoms with E-state index in [1.807, 2.05) is 24.3 Å². The summed E-state index contributed by atoms with van der Waals surface area (Å²) in [5, 5.41) is 8.03. The first kappa shape index (κ1) is 23.5. The highest BCUT2D eigenvalue weighted by molar-refractivity contribution is 6.30. The zero-order valence-corrected chi connectivity index (χ0v) is 20.2. The number of nitrogens with one attached hydrogen (secondary N) is 1. The molecule has 4 rings (SSSR count). The maximum absolute atomic E-state index is 13.1. The van der Waals surface area contributed by atoms with Crippen molar-refractivity contribution in [1.29, 1.82) is 0 Å². The van der Waals surface area contributed by atoms with E-state index in [0.29, 0.717) is 29.8 Å². The zero-order valence-electron chi connectivity index (χ0n) is 19.5. The second-order valence-electron chi connectivity index (χ2n) is 8.93. The van der Waals surface area contributed by atoms with E-state index < -0.39 is 0 Å². The second kappa shape index (κ2) is 10.5. The first-order valence-corrected chi connectivity index (χ1v) is 12.0. The van der Waals surface area contributed by atoms with E-state index in [4.69, 9.17) is 16.1 Å². The molecular formula is C26H31ClN4O2. The van der Waals surface area contributed by atoms with Crippen molar-refractivity contribution in [3.05, 3.63) is 70.1 Å². The quantitative estimate of drug-likeness (QED) is 0.498. The lowest BCUT2D eigenvalue weighted by molar-refractivity contribution is -0.127. The zero-order chi connectivity index (χ0) is 23.4. The van der Waals surface area contributed by atoms with Gasteiger partial charge in [0.05, 0.1) is 18.5 Å². The maximum Gasteiger partial charge on any atom is 0.241 e. The molecule has 1 fully saturated rings. The van der Waals surface area contributed by atoms with Gasteiger partial charge in [-0.2, -0.15) is 4.98 Å². The van der Waals surface area contributed by atoms with Gasteiger partial charge in [0.15, 0.2) is 0 Å². The summed E-state index contributed by atoms with van der Waals surface area (Å²) in [7, 11) is 0. The third-order valence-electron chi connectivity index (χ3n) is 6.31. The van der Waals surface area contributed by atoms with Gasteiger partial charge in [-0.1, -0.05) is 59.6 Å². The summed E-state index contributed by atoms with van der Waals surface area (Å²) in [4.78, 5) is 19.9. The number of piperidine rings is 1. The Morgan fingerprint density at radius 1 is 1.27 bits per heavy atom. The standard InChI is InChI=1S/C26H31ClN4O2/c1-4-23(22-11-10-17(2)13-18(22)3)28-26(32)20-8-6-12-31(15-20)16-24-29-25(30-33-24)19-7-5-9-21(27)14-19/h5,7,9-11,13-14,20,23H,4,6,8,12,15-16H2,1-3H3,(H,28,32). The fourth-order valence-corrected chi connectivity index (χ4v) is 4.76. The van der Waals surface area contributed by atoms with E-state index in [9.17, 15) is 4.79 Å². The van der Waals surface area contributed by atoms with Gasteiger partial charge in [0.1, 0.15) is 0 Å². The summed E-state index contributed by atoms with van der Waals surface area (Å²) in [6, 6.07) is 13.9. The molecule has 0 radical (unpaired) electrons. The summed E-state index contributed by atoms with van der Waals surface area (Å²) in [6.07, 6.45) is 2.72. The van der Waals surface area contributed by atoms with Crippen molar-refractivity contribution < 1.29 is 9.32 Å². The largest absolute Gasteiger partial charge is 0.349 e. The molecule has 1 amide bonds. The molecule has 2 unspecified atom stereocenters. The SMILES string of the molecule is CCC(NC(=O)C1CCCN(Cc2nc(-c3cccc(Cl)c3)no2)C1)c1ccc(C)cc1C. The van der Waals surface area contributed by atoms with Crippen LogP contribution < -0.4 is 5.32 Å². The molecule has 0 saturated carbocycles. The number of carbonyl (C=O) groups excluding carboxylic acids is 1. The number of halogens is 1. The summed E-state index contributed by atoms with van der Waals surface area (Å²) < 4.78 is 5.47. The Bertz CT molecular complexity index is 1110. The monoisotopic (exact) mass is 466 g/mol. The first-order valence-electron chi connectivity index (χ1n) is 11.6. The molecule has 0 aliphatic carbocycles. The number of likely N-dealkylation sites (tertiary alicyclic amines) is 1. The molecule has 6 nitrogen and oxygen atoms in total. The number of aryl methyl sites for hydroxylation is 2. The summed E-state index contributed by atoms with van der Waals surface area (Å²) in [6.45, 7) is 8.45. The Balaban J connectivity index is 1.37. The van der Waals surface area contributed by atoms with Crippen LogP contribution in [0.15, 0.2) is 47.0 Å². The summed E-state index contributed by atoms with van der Waals surface area (Å²) in [5.41, 5.74) is 4.48. The van der Waals surface area contributed by atoms with Gasteiger partial charge in [-0.3, -0.25) is 9.69 Å². The summed E-state index contributed by atoms with van der Waals surface area (Å²) >= 11 is 6.07. The molecule has 33 heavy (non-hydrogen) atoms. The Labute approximate surface area is 200 Å². The minimum atomic E-state index is -0.0473. The molecule has 1 saturated heterocycles. The van der Waals surface area contributed by atoms with Crippen LogP contribution in [0.25, 0.3) is 11.4 Å². The predicted molar refractivity (Wildman–Crippen MR) is 130 cm³/mol. The Hall–Kier alpha value is -2.70. The second-order valence-corrected chi connectivity index (χ2v) is 9.36. The van der Waals surface area contributed by atoms with Crippen LogP contribution in [0.5, 0.6) is 0 Å². The van der Waals surface area contributed by atoms with Gasteiger partial charge in [-0.25, -0.2) is 0 Å². The van der Waals surface area contributed by atoms with Gasteiger partial charge < -0.3 is 9.84 Å². The van der Waals surface area contributed by atoms with E-state index in [1.54, 1.807) is 0 Å². The molecule has 3 aromatic rings. The molecular weight excluding hydrogens is 436 g/mol. The number of hydrogen-bond donors (Lipinski definition) is 1. The van der Waals surface area contributed by atoms with E-state index >= 15 is 0 Å². The third kappa shape index (κ3) is 5.81. The highest BCUT2D eigenvalue weighted by Crippen LogP contribution is 2.25. The Morgan fingerprint density at radius 2 is 2.12 bits per heavy atom. The fraction of sp³-hybridized carbons (Fsp3) is 0.423. The molecule has 2 aromatic carbocycles. The Morgan fingerprint density at radius 3 is 2.88 bits per heavy atom. The van der Waals surface area contributed by atoms with Gasteiger partial charge in [-0.05, 0) is 62.9 Å². The number of nitrogens with zero attached hydrogens (tertiary/aromatic N) is 3. The minimum Gasteiger partial charge on any atom is -0.349 e. The molecule has 1 aliphatic heterocycles. The smallest absolute Gasteiger partial charge is 0.241 e. The Kier molecular flexibility index (Phi) is 7.46. The lowest BCUT2D eigenvalue weighted by Crippen LogP contribution is -2.43. The topological polar surface area (TPSA) is 71.3 Å². The number of amides is 1. The van der Waals surface area contributed by atoms with Crippen LogP contribution in [0.1, 0.15) is 54.8 Å². The van der Waals surface area contributed by atoms with Gasteiger partial charge in [0.2, 0.25) is 17.6 Å². The van der Waals surface area contributed by atoms with Crippen LogP contribution in [-0.4, -0.2) is 34.0 Å². The lowest BCUT2D eigenvalue weighted by Gasteiger charge is -2.32. The van der Waals surface area contributed by atoms with Gasteiger partial charge in [0.25, 0.3) is 0 Å². The first-order chi connectivity index (χ1) is 15.9. The molecule has 1 aliphatic rings. The van der Waals surface area contributed by atoms with Crippen molar-refractivity contribution in [2.45, 2.75) is 52.6 Å². The molecule has 2 atom stereocenters. The highest BCUT2D eigenvalue weighted by atomic mass is 35.5. The van der Waals surface area contributed by atoms with Gasteiger partial charge in [-0.15, -0.1) is 0 Å². The molecule has 7 heteroatoms. The number of rotatable bonds is 7. The highest BCUT2D eigenvalue weighted by Gasteiger charge is 2.28. The number of aromatic nitrogens is 2. The van der Waals surface area contributed by atoms with Crippen LogP contribution in [0, 0.1) is 19.8 Å². The van der Waals surface area contributed by atoms with Crippen LogP contribution in [0.2, 0.25) is 5.02 Å². The average Bonchev–Trinajstić information content (AvgIpc) is 3.26. The molecule has 0 spiro atoms. The van der Waals surface area contributed by atoms with Gasteiger partial charge in [0, 0.05) is 17.1 Å². The number of carbonyl (C=O) groups is 1. The summed E-state index contributed by atoms with van der Waals surface area (Å²) in [5.74, 6) is 1.15. The molecule has 2 heterocycles. The van der Waals surface area contributed by atoms with Gasteiger partial charge >= 0.3 is 0 Å². The van der Waals surface area contributed by atoms with Crippen molar-refractivity contribution in [3.8, 4) is 11.4 Å². The molecule has 0 bridgehead atoms. The predicted octanol–water partition coefficient (Wildman–Crippen LogP) is 5.49. The van der Waals surface area contributed by atoms with Crippen LogP contribution in [0.4, 0.5) is 0 Å². The minimum absolute atomic E-state index is 0.0321.